The van der Waals surface area contributed by atoms with Gasteiger partial charge in [-0.3, -0.25) is 4.68 Å². The van der Waals surface area contributed by atoms with Gasteiger partial charge in [-0.1, -0.05) is 13.3 Å². The van der Waals surface area contributed by atoms with E-state index in [0.717, 1.165) is 38.6 Å². The lowest BCUT2D eigenvalue weighted by Gasteiger charge is -2.30. The molecular formula is C14H25N3O2S. The van der Waals surface area contributed by atoms with Gasteiger partial charge in [-0.15, -0.1) is 0 Å². The molecule has 0 aliphatic carbocycles. The molecule has 0 aromatic carbocycles. The third-order valence-corrected chi connectivity index (χ3v) is 6.39. The monoisotopic (exact) mass is 299 g/mol. The van der Waals surface area contributed by atoms with E-state index in [4.69, 9.17) is 0 Å². The van der Waals surface area contributed by atoms with Crippen LogP contribution in [-0.4, -0.2) is 41.8 Å². The van der Waals surface area contributed by atoms with E-state index in [0.29, 0.717) is 5.75 Å². The van der Waals surface area contributed by atoms with Crippen LogP contribution in [0.15, 0.2) is 12.4 Å². The van der Waals surface area contributed by atoms with E-state index >= 15 is 0 Å². The van der Waals surface area contributed by atoms with Crippen molar-refractivity contribution in [2.75, 3.05) is 12.3 Å². The molecule has 0 saturated carbocycles. The van der Waals surface area contributed by atoms with Crippen molar-refractivity contribution in [1.29, 1.82) is 0 Å². The van der Waals surface area contributed by atoms with Crippen molar-refractivity contribution in [3.63, 3.8) is 0 Å². The molecule has 1 aliphatic rings. The number of nitrogens with zero attached hydrogens (tertiary/aromatic N) is 2. The molecule has 1 fully saturated rings. The summed E-state index contributed by atoms with van der Waals surface area (Å²) in [5.74, 6) is 0.354. The molecule has 2 atom stereocenters. The number of sulfone groups is 1. The Hall–Kier alpha value is -0.880. The zero-order chi connectivity index (χ0) is 14.6. The summed E-state index contributed by atoms with van der Waals surface area (Å²) in [4.78, 5) is 0. The molecule has 1 aliphatic heterocycles. The van der Waals surface area contributed by atoms with Crippen molar-refractivity contribution in [2.24, 2.45) is 7.05 Å². The Morgan fingerprint density at radius 1 is 1.50 bits per heavy atom. The molecule has 114 valence electrons. The maximum absolute atomic E-state index is 12.3. The summed E-state index contributed by atoms with van der Waals surface area (Å²) < 4.78 is 26.3. The highest BCUT2D eigenvalue weighted by Gasteiger charge is 2.34. The Kier molecular flexibility index (Phi) is 5.21. The predicted molar refractivity (Wildman–Crippen MR) is 80.4 cm³/mol. The molecule has 2 unspecified atom stereocenters. The van der Waals surface area contributed by atoms with E-state index in [1.165, 1.54) is 5.56 Å². The lowest BCUT2D eigenvalue weighted by atomic mass is 10.0. The maximum atomic E-state index is 12.3. The first-order valence-electron chi connectivity index (χ1n) is 7.45. The van der Waals surface area contributed by atoms with Crippen molar-refractivity contribution in [1.82, 2.24) is 15.1 Å². The van der Waals surface area contributed by atoms with Gasteiger partial charge in [0.2, 0.25) is 0 Å². The third kappa shape index (κ3) is 3.82. The fraction of sp³-hybridized carbons (Fsp3) is 0.786. The van der Waals surface area contributed by atoms with Crippen molar-refractivity contribution >= 4 is 9.84 Å². The summed E-state index contributed by atoms with van der Waals surface area (Å²) >= 11 is 0. The summed E-state index contributed by atoms with van der Waals surface area (Å²) in [6.45, 7) is 2.84. The summed E-state index contributed by atoms with van der Waals surface area (Å²) in [7, 11) is -1.03. The van der Waals surface area contributed by atoms with Gasteiger partial charge < -0.3 is 5.32 Å². The highest BCUT2D eigenvalue weighted by Crippen LogP contribution is 2.24. The molecule has 2 rings (SSSR count). The van der Waals surface area contributed by atoms with Crippen LogP contribution in [0.25, 0.3) is 0 Å². The van der Waals surface area contributed by atoms with Gasteiger partial charge in [0, 0.05) is 19.3 Å². The van der Waals surface area contributed by atoms with E-state index in [2.05, 4.69) is 10.4 Å². The molecule has 20 heavy (non-hydrogen) atoms. The lowest BCUT2D eigenvalue weighted by molar-refractivity contribution is 0.424. The van der Waals surface area contributed by atoms with Gasteiger partial charge in [0.15, 0.2) is 9.84 Å². The van der Waals surface area contributed by atoms with Gasteiger partial charge >= 0.3 is 0 Å². The van der Waals surface area contributed by atoms with Crippen LogP contribution in [0.3, 0.4) is 0 Å². The van der Waals surface area contributed by atoms with Crippen LogP contribution in [0.4, 0.5) is 0 Å². The number of hydrogen-bond acceptors (Lipinski definition) is 4. The fourth-order valence-electron chi connectivity index (χ4n) is 3.04. The first kappa shape index (κ1) is 15.5. The smallest absolute Gasteiger partial charge is 0.154 e. The topological polar surface area (TPSA) is 64.0 Å². The third-order valence-electron chi connectivity index (χ3n) is 4.05. The number of nitrogens with one attached hydrogen (secondary N) is 1. The highest BCUT2D eigenvalue weighted by molar-refractivity contribution is 7.92. The largest absolute Gasteiger partial charge is 0.313 e. The van der Waals surface area contributed by atoms with Crippen LogP contribution in [0, 0.1) is 0 Å². The minimum absolute atomic E-state index is 0.0607. The second-order valence-corrected chi connectivity index (χ2v) is 7.97. The Morgan fingerprint density at radius 3 is 2.90 bits per heavy atom. The van der Waals surface area contributed by atoms with E-state index in [-0.39, 0.29) is 11.3 Å². The molecule has 0 radical (unpaired) electrons. The molecule has 1 N–H and O–H groups in total. The minimum Gasteiger partial charge on any atom is -0.313 e. The van der Waals surface area contributed by atoms with Crippen LogP contribution in [-0.2, 0) is 23.3 Å². The first-order valence-corrected chi connectivity index (χ1v) is 9.17. The second kappa shape index (κ2) is 6.72. The summed E-state index contributed by atoms with van der Waals surface area (Å²) in [5, 5.41) is 7.32. The van der Waals surface area contributed by atoms with Crippen molar-refractivity contribution in [2.45, 2.75) is 50.3 Å². The number of hydrogen-bond donors (Lipinski definition) is 1. The Morgan fingerprint density at radius 2 is 2.30 bits per heavy atom. The Labute approximate surface area is 121 Å². The van der Waals surface area contributed by atoms with Gasteiger partial charge in [0.1, 0.15) is 0 Å². The second-order valence-electron chi connectivity index (χ2n) is 5.63. The molecular weight excluding hydrogens is 274 g/mol. The maximum Gasteiger partial charge on any atom is 0.154 e. The molecule has 0 spiro atoms. The molecule has 1 saturated heterocycles. The zero-order valence-electron chi connectivity index (χ0n) is 12.4. The molecule has 1 aromatic heterocycles. The van der Waals surface area contributed by atoms with E-state index < -0.39 is 9.84 Å². The normalized spacial score (nSPS) is 23.6. The van der Waals surface area contributed by atoms with Gasteiger partial charge in [-0.25, -0.2) is 8.42 Å². The lowest BCUT2D eigenvalue weighted by Crippen LogP contribution is -2.46. The van der Waals surface area contributed by atoms with Crippen LogP contribution < -0.4 is 5.32 Å². The van der Waals surface area contributed by atoms with E-state index in [9.17, 15) is 8.42 Å². The molecule has 6 heteroatoms. The number of aromatic nitrogens is 2. The molecule has 1 aromatic rings. The Bertz CT molecular complexity index is 524. The minimum atomic E-state index is -2.93. The molecule has 5 nitrogen and oxygen atoms in total. The van der Waals surface area contributed by atoms with Gasteiger partial charge in [0.05, 0.1) is 17.2 Å². The standard InChI is InChI=1S/C14H25N3O2S/c1-3-15-13(8-7-12-10-16-17(2)11-12)14-6-4-5-9-20(14,18)19/h10-11,13-15H,3-9H2,1-2H3. The highest BCUT2D eigenvalue weighted by atomic mass is 32.2. The van der Waals surface area contributed by atoms with Gasteiger partial charge in [-0.2, -0.15) is 5.10 Å². The number of aryl methyl sites for hydroxylation is 2. The van der Waals surface area contributed by atoms with Crippen LogP contribution in [0.1, 0.15) is 38.2 Å². The predicted octanol–water partition coefficient (Wildman–Crippen LogP) is 1.30. The summed E-state index contributed by atoms with van der Waals surface area (Å²) in [6, 6.07) is 0.0607. The zero-order valence-corrected chi connectivity index (χ0v) is 13.2. The Balaban J connectivity index is 2.02. The molecule has 0 amide bonds. The van der Waals surface area contributed by atoms with E-state index in [1.807, 2.05) is 26.4 Å². The average Bonchev–Trinajstić information content (AvgIpc) is 2.80. The van der Waals surface area contributed by atoms with Gasteiger partial charge in [0.25, 0.3) is 0 Å². The van der Waals surface area contributed by atoms with E-state index in [1.54, 1.807) is 4.68 Å². The SMILES string of the molecule is CCNC(CCc1cnn(C)c1)C1CCCCS1(=O)=O. The van der Waals surface area contributed by atoms with Crippen molar-refractivity contribution in [3.8, 4) is 0 Å². The van der Waals surface area contributed by atoms with Crippen LogP contribution in [0.5, 0.6) is 0 Å². The van der Waals surface area contributed by atoms with Crippen LogP contribution >= 0.6 is 0 Å². The summed E-state index contributed by atoms with van der Waals surface area (Å²) in [6.07, 6.45) is 8.23. The first-order chi connectivity index (χ1) is 9.53. The van der Waals surface area contributed by atoms with Crippen molar-refractivity contribution in [3.05, 3.63) is 18.0 Å². The summed E-state index contributed by atoms with van der Waals surface area (Å²) in [5.41, 5.74) is 1.17. The van der Waals surface area contributed by atoms with Gasteiger partial charge in [-0.05, 0) is 37.8 Å². The quantitative estimate of drug-likeness (QED) is 0.860. The molecule has 0 bridgehead atoms. The van der Waals surface area contributed by atoms with Crippen LogP contribution in [0.2, 0.25) is 0 Å². The number of rotatable bonds is 6. The fourth-order valence-corrected chi connectivity index (χ4v) is 5.20. The average molecular weight is 299 g/mol. The molecule has 2 heterocycles. The van der Waals surface area contributed by atoms with Crippen molar-refractivity contribution < 1.29 is 8.42 Å².